The number of ether oxygens (including phenoxy) is 1. The summed E-state index contributed by atoms with van der Waals surface area (Å²) < 4.78 is 111. The Morgan fingerprint density at radius 3 is 2.17 bits per heavy atom. The maximum atomic E-state index is 12.5. The van der Waals surface area contributed by atoms with E-state index in [1.54, 1.807) is 0 Å². The molecule has 1 aliphatic rings. The number of halogens is 6. The third-order valence-corrected chi connectivity index (χ3v) is 6.15. The molecular weight excluding hydrogens is 448 g/mol. The number of carbonyl (C=O) groups is 1. The van der Waals surface area contributed by atoms with Gasteiger partial charge in [-0.15, -0.1) is 0 Å². The van der Waals surface area contributed by atoms with Gasteiger partial charge < -0.3 is 14.2 Å². The maximum absolute atomic E-state index is 12.5. The van der Waals surface area contributed by atoms with E-state index in [1.165, 1.54) is 13.8 Å². The van der Waals surface area contributed by atoms with E-state index in [-0.39, 0.29) is 54.7 Å². The van der Waals surface area contributed by atoms with Gasteiger partial charge in [0.1, 0.15) is 10.6 Å². The number of hydrogen-bond donors (Lipinski definition) is 1. The van der Waals surface area contributed by atoms with Crippen molar-refractivity contribution < 1.29 is 48.8 Å². The second-order valence-electron chi connectivity index (χ2n) is 6.78. The lowest BCUT2D eigenvalue weighted by atomic mass is 9.97. The Balaban J connectivity index is 1.90. The Morgan fingerprint density at radius 1 is 1.20 bits per heavy atom. The third-order valence-electron chi connectivity index (χ3n) is 4.48. The number of alkyl halides is 6. The summed E-state index contributed by atoms with van der Waals surface area (Å²) in [5.74, 6) is -0.188. The minimum Gasteiger partial charge on any atom is -0.426 e. The monoisotopic (exact) mass is 467 g/mol. The number of sulfonamides is 1. The number of aryl methyl sites for hydroxylation is 2. The molecule has 15 heteroatoms. The summed E-state index contributed by atoms with van der Waals surface area (Å²) in [6.07, 6.45) is -17.2. The highest BCUT2D eigenvalue weighted by atomic mass is 32.2. The summed E-state index contributed by atoms with van der Waals surface area (Å²) >= 11 is 0. The largest absolute Gasteiger partial charge is 0.434 e. The molecule has 0 bridgehead atoms. The number of amides is 1. The molecule has 1 aromatic rings. The summed E-state index contributed by atoms with van der Waals surface area (Å²) in [6, 6.07) is 0. The molecule has 0 aromatic carbocycles. The van der Waals surface area contributed by atoms with Gasteiger partial charge in [-0.1, -0.05) is 5.16 Å². The van der Waals surface area contributed by atoms with Crippen molar-refractivity contribution in [2.75, 3.05) is 19.6 Å². The maximum Gasteiger partial charge on any atom is 0.434 e. The number of aromatic nitrogens is 1. The van der Waals surface area contributed by atoms with Gasteiger partial charge in [0.05, 0.1) is 0 Å². The van der Waals surface area contributed by atoms with Crippen molar-refractivity contribution in [3.63, 3.8) is 0 Å². The summed E-state index contributed by atoms with van der Waals surface area (Å²) in [4.78, 5) is 12.4. The lowest BCUT2D eigenvalue weighted by Gasteiger charge is -2.33. The van der Waals surface area contributed by atoms with Crippen LogP contribution in [0.4, 0.5) is 31.1 Å². The van der Waals surface area contributed by atoms with Gasteiger partial charge in [-0.2, -0.15) is 26.3 Å². The number of nitrogens with zero attached hydrogens (tertiary/aromatic N) is 2. The highest BCUT2D eigenvalue weighted by Gasteiger charge is 2.60. The third kappa shape index (κ3) is 5.77. The van der Waals surface area contributed by atoms with Gasteiger partial charge in [-0.25, -0.2) is 17.9 Å². The summed E-state index contributed by atoms with van der Waals surface area (Å²) in [7, 11) is -3.92. The van der Waals surface area contributed by atoms with Crippen LogP contribution in [0.3, 0.4) is 0 Å². The second kappa shape index (κ2) is 8.61. The molecule has 1 aliphatic heterocycles. The van der Waals surface area contributed by atoms with Crippen molar-refractivity contribution in [2.24, 2.45) is 5.92 Å². The molecule has 0 radical (unpaired) electrons. The smallest absolute Gasteiger partial charge is 0.426 e. The van der Waals surface area contributed by atoms with Gasteiger partial charge in [-0.3, -0.25) is 0 Å². The number of hydrogen-bond acceptors (Lipinski definition) is 6. The first kappa shape index (κ1) is 24.2. The minimum absolute atomic E-state index is 0.0387. The first-order chi connectivity index (χ1) is 13.6. The van der Waals surface area contributed by atoms with Crippen LogP contribution in [0.1, 0.15) is 24.3 Å². The van der Waals surface area contributed by atoms with Crippen molar-refractivity contribution in [1.82, 2.24) is 14.8 Å². The average Bonchev–Trinajstić information content (AvgIpc) is 2.95. The topological polar surface area (TPSA) is 102 Å². The van der Waals surface area contributed by atoms with E-state index >= 15 is 0 Å². The molecule has 0 aliphatic carbocycles. The highest BCUT2D eigenvalue weighted by molar-refractivity contribution is 7.89. The van der Waals surface area contributed by atoms with Crippen molar-refractivity contribution in [3.05, 3.63) is 11.5 Å². The molecule has 1 aromatic heterocycles. The molecule has 2 rings (SSSR count). The normalized spacial score (nSPS) is 16.9. The molecule has 1 amide bonds. The molecule has 30 heavy (non-hydrogen) atoms. The predicted molar refractivity (Wildman–Crippen MR) is 87.8 cm³/mol. The van der Waals surface area contributed by atoms with E-state index in [4.69, 9.17) is 4.52 Å². The van der Waals surface area contributed by atoms with E-state index < -0.39 is 34.6 Å². The number of nitrogens with one attached hydrogen (secondary N) is 1. The van der Waals surface area contributed by atoms with E-state index in [1.807, 2.05) is 0 Å². The molecule has 0 spiro atoms. The summed E-state index contributed by atoms with van der Waals surface area (Å²) in [6.45, 7) is 2.47. The first-order valence-corrected chi connectivity index (χ1v) is 10.1. The van der Waals surface area contributed by atoms with Crippen LogP contribution in [-0.4, -0.2) is 62.7 Å². The van der Waals surface area contributed by atoms with Crippen LogP contribution in [0.5, 0.6) is 0 Å². The number of rotatable bonds is 5. The second-order valence-corrected chi connectivity index (χ2v) is 8.49. The van der Waals surface area contributed by atoms with Crippen LogP contribution in [0.15, 0.2) is 9.42 Å². The fourth-order valence-corrected chi connectivity index (χ4v) is 4.41. The van der Waals surface area contributed by atoms with Crippen molar-refractivity contribution in [2.45, 2.75) is 50.0 Å². The van der Waals surface area contributed by atoms with E-state index in [0.717, 1.165) is 4.90 Å². The van der Waals surface area contributed by atoms with Gasteiger partial charge in [0.15, 0.2) is 5.76 Å². The lowest BCUT2D eigenvalue weighted by Crippen LogP contribution is -2.49. The summed E-state index contributed by atoms with van der Waals surface area (Å²) in [5.41, 5.74) is 0.168. The lowest BCUT2D eigenvalue weighted by molar-refractivity contribution is -0.308. The SMILES string of the molecule is Cc1noc(C)c1S(=O)(=O)NCC1CCN(C(=O)OC(C(F)(F)F)C(F)(F)F)CC1. The molecule has 0 saturated carbocycles. The molecule has 0 unspecified atom stereocenters. The van der Waals surface area contributed by atoms with Crippen LogP contribution in [0, 0.1) is 19.8 Å². The fraction of sp³-hybridized carbons (Fsp3) is 0.733. The molecule has 0 atom stereocenters. The number of piperidine rings is 1. The molecule has 8 nitrogen and oxygen atoms in total. The van der Waals surface area contributed by atoms with Crippen molar-refractivity contribution in [1.29, 1.82) is 0 Å². The predicted octanol–water partition coefficient (Wildman–Crippen LogP) is 2.91. The van der Waals surface area contributed by atoms with E-state index in [9.17, 15) is 39.6 Å². The van der Waals surface area contributed by atoms with Gasteiger partial charge in [0.2, 0.25) is 10.0 Å². The van der Waals surface area contributed by atoms with Crippen LogP contribution in [-0.2, 0) is 14.8 Å². The Bertz CT molecular complexity index is 826. The molecule has 172 valence electrons. The molecule has 1 fully saturated rings. The average molecular weight is 467 g/mol. The Labute approximate surface area is 167 Å². The molecular formula is C15H19F6N3O5S. The quantitative estimate of drug-likeness (QED) is 0.669. The molecule has 1 N–H and O–H groups in total. The van der Waals surface area contributed by atoms with Crippen LogP contribution in [0.2, 0.25) is 0 Å². The van der Waals surface area contributed by atoms with Gasteiger partial charge in [-0.05, 0) is 32.6 Å². The van der Waals surface area contributed by atoms with Crippen LogP contribution in [0.25, 0.3) is 0 Å². The van der Waals surface area contributed by atoms with Crippen LogP contribution < -0.4 is 4.72 Å². The molecule has 2 heterocycles. The zero-order valence-corrected chi connectivity index (χ0v) is 16.6. The summed E-state index contributed by atoms with van der Waals surface area (Å²) in [5, 5.41) is 3.55. The van der Waals surface area contributed by atoms with Gasteiger partial charge in [0.25, 0.3) is 6.10 Å². The van der Waals surface area contributed by atoms with Crippen molar-refractivity contribution >= 4 is 16.1 Å². The van der Waals surface area contributed by atoms with E-state index in [2.05, 4.69) is 14.6 Å². The van der Waals surface area contributed by atoms with Crippen LogP contribution >= 0.6 is 0 Å². The number of carbonyl (C=O) groups excluding carboxylic acids is 1. The Morgan fingerprint density at radius 2 is 1.73 bits per heavy atom. The minimum atomic E-state index is -5.79. The highest BCUT2D eigenvalue weighted by Crippen LogP contribution is 2.36. The first-order valence-electron chi connectivity index (χ1n) is 8.64. The Kier molecular flexibility index (Phi) is 6.96. The zero-order valence-electron chi connectivity index (χ0n) is 15.8. The van der Waals surface area contributed by atoms with E-state index in [0.29, 0.717) is 0 Å². The van der Waals surface area contributed by atoms with Gasteiger partial charge in [0, 0.05) is 19.6 Å². The molecule has 1 saturated heterocycles. The van der Waals surface area contributed by atoms with Crippen molar-refractivity contribution in [3.8, 4) is 0 Å². The standard InChI is InChI=1S/C15H19F6N3O5S/c1-8-11(9(2)29-23-8)30(26,27)22-7-10-3-5-24(6-4-10)13(25)28-12(14(16,17)18)15(19,20)21/h10,12,22H,3-7H2,1-2H3. The Hall–Kier alpha value is -2.03. The fourth-order valence-electron chi connectivity index (χ4n) is 2.97. The zero-order chi connectivity index (χ0) is 22.9. The van der Waals surface area contributed by atoms with Gasteiger partial charge >= 0.3 is 18.4 Å². The number of likely N-dealkylation sites (tertiary alicyclic amines) is 1.